The van der Waals surface area contributed by atoms with Crippen LogP contribution in [0, 0.1) is 3.57 Å². The summed E-state index contributed by atoms with van der Waals surface area (Å²) in [6.45, 7) is 5.11. The van der Waals surface area contributed by atoms with Crippen molar-refractivity contribution in [2.75, 3.05) is 43.0 Å². The second-order valence-corrected chi connectivity index (χ2v) is 6.11. The molecule has 100 valence electrons. The van der Waals surface area contributed by atoms with Crippen LogP contribution in [0.4, 0.5) is 5.82 Å². The maximum Gasteiger partial charge on any atom is 0.266 e. The van der Waals surface area contributed by atoms with Crippen molar-refractivity contribution in [3.63, 3.8) is 0 Å². The van der Waals surface area contributed by atoms with Crippen LogP contribution in [0.15, 0.2) is 11.1 Å². The summed E-state index contributed by atoms with van der Waals surface area (Å²) in [4.78, 5) is 23.2. The highest BCUT2D eigenvalue weighted by molar-refractivity contribution is 14.1. The van der Waals surface area contributed by atoms with E-state index in [1.807, 2.05) is 0 Å². The quantitative estimate of drug-likeness (QED) is 0.584. The fraction of sp³-hybridized carbons (Fsp3) is 0.636. The zero-order valence-corrected chi connectivity index (χ0v) is 13.8. The van der Waals surface area contributed by atoms with Crippen LogP contribution >= 0.6 is 38.5 Å². The minimum Gasteiger partial charge on any atom is -0.354 e. The van der Waals surface area contributed by atoms with Crippen molar-refractivity contribution in [3.8, 4) is 0 Å². The first-order valence-corrected chi connectivity index (χ1v) is 8.19. The molecule has 18 heavy (non-hydrogen) atoms. The molecule has 1 aliphatic rings. The molecule has 0 saturated carbocycles. The number of nitrogens with zero attached hydrogens (tertiary/aromatic N) is 3. The van der Waals surface area contributed by atoms with Gasteiger partial charge in [0.15, 0.2) is 0 Å². The van der Waals surface area contributed by atoms with Crippen molar-refractivity contribution in [2.45, 2.75) is 6.42 Å². The van der Waals surface area contributed by atoms with Crippen LogP contribution in [-0.4, -0.2) is 52.9 Å². The van der Waals surface area contributed by atoms with Gasteiger partial charge < -0.3 is 14.8 Å². The largest absolute Gasteiger partial charge is 0.354 e. The van der Waals surface area contributed by atoms with Crippen LogP contribution in [0.3, 0.4) is 0 Å². The molecule has 1 saturated heterocycles. The molecule has 1 aromatic heterocycles. The molecule has 0 unspecified atom stereocenters. The average molecular weight is 427 g/mol. The number of hydrogen-bond acceptors (Lipinski definition) is 4. The van der Waals surface area contributed by atoms with Crippen LogP contribution in [0.2, 0.25) is 0 Å². The second-order valence-electron chi connectivity index (χ2n) is 4.24. The first-order valence-electron chi connectivity index (χ1n) is 5.99. The van der Waals surface area contributed by atoms with E-state index in [4.69, 9.17) is 0 Å². The number of rotatable bonds is 3. The lowest BCUT2D eigenvalue weighted by Crippen LogP contribution is -2.33. The summed E-state index contributed by atoms with van der Waals surface area (Å²) < 4.78 is 0.684. The van der Waals surface area contributed by atoms with E-state index in [1.165, 1.54) is 6.33 Å². The van der Waals surface area contributed by atoms with E-state index in [-0.39, 0.29) is 5.56 Å². The van der Waals surface area contributed by atoms with Crippen LogP contribution in [-0.2, 0) is 0 Å². The monoisotopic (exact) mass is 426 g/mol. The molecular weight excluding hydrogens is 411 g/mol. The Labute approximate surface area is 128 Å². The summed E-state index contributed by atoms with van der Waals surface area (Å²) in [5.41, 5.74) is -0.0536. The van der Waals surface area contributed by atoms with Gasteiger partial charge in [-0.2, -0.15) is 0 Å². The van der Waals surface area contributed by atoms with E-state index in [0.717, 1.165) is 50.3 Å². The number of anilines is 1. The number of aromatic nitrogens is 2. The third-order valence-corrected chi connectivity index (χ3v) is 4.39. The van der Waals surface area contributed by atoms with Gasteiger partial charge in [-0.3, -0.25) is 4.79 Å². The van der Waals surface area contributed by atoms with Gasteiger partial charge in [-0.15, -0.1) is 0 Å². The molecule has 1 fully saturated rings. The summed E-state index contributed by atoms with van der Waals surface area (Å²) in [5.74, 6) is 0.819. The zero-order valence-electron chi connectivity index (χ0n) is 10.0. The number of halogens is 2. The summed E-state index contributed by atoms with van der Waals surface area (Å²) in [6, 6.07) is 0. The first kappa shape index (κ1) is 14.3. The van der Waals surface area contributed by atoms with Gasteiger partial charge in [0.2, 0.25) is 0 Å². The lowest BCUT2D eigenvalue weighted by Gasteiger charge is -2.22. The molecule has 0 aliphatic carbocycles. The Kier molecular flexibility index (Phi) is 5.43. The molecule has 2 heterocycles. The summed E-state index contributed by atoms with van der Waals surface area (Å²) >= 11 is 5.55. The van der Waals surface area contributed by atoms with Crippen LogP contribution in [0.1, 0.15) is 6.42 Å². The Morgan fingerprint density at radius 1 is 1.39 bits per heavy atom. The van der Waals surface area contributed by atoms with Gasteiger partial charge in [0, 0.05) is 31.5 Å². The molecule has 0 aromatic carbocycles. The summed E-state index contributed by atoms with van der Waals surface area (Å²) in [7, 11) is 0. The molecule has 0 atom stereocenters. The van der Waals surface area contributed by atoms with E-state index in [2.05, 4.69) is 58.3 Å². The Morgan fingerprint density at radius 2 is 2.22 bits per heavy atom. The van der Waals surface area contributed by atoms with Crippen molar-refractivity contribution in [2.24, 2.45) is 0 Å². The molecule has 0 amide bonds. The highest BCUT2D eigenvalue weighted by atomic mass is 127. The van der Waals surface area contributed by atoms with Crippen molar-refractivity contribution in [1.82, 2.24) is 14.9 Å². The van der Waals surface area contributed by atoms with Gasteiger partial charge in [-0.25, -0.2) is 4.98 Å². The lowest BCUT2D eigenvalue weighted by atomic mass is 10.4. The Balaban J connectivity index is 2.10. The van der Waals surface area contributed by atoms with E-state index >= 15 is 0 Å². The van der Waals surface area contributed by atoms with Crippen LogP contribution < -0.4 is 10.5 Å². The molecule has 1 aliphatic heterocycles. The Morgan fingerprint density at radius 3 is 3.00 bits per heavy atom. The maximum absolute atomic E-state index is 11.6. The zero-order chi connectivity index (χ0) is 13.0. The van der Waals surface area contributed by atoms with Crippen LogP contribution in [0.5, 0.6) is 0 Å². The molecule has 0 spiro atoms. The Hall–Kier alpha value is -0.150. The predicted octanol–water partition coefficient (Wildman–Crippen LogP) is 1.28. The van der Waals surface area contributed by atoms with E-state index in [0.29, 0.717) is 3.57 Å². The van der Waals surface area contributed by atoms with Crippen molar-refractivity contribution in [3.05, 3.63) is 20.3 Å². The fourth-order valence-electron chi connectivity index (χ4n) is 2.12. The van der Waals surface area contributed by atoms with Gasteiger partial charge in [0.05, 0.1) is 6.33 Å². The van der Waals surface area contributed by atoms with E-state index in [1.54, 1.807) is 0 Å². The molecule has 1 aromatic rings. The van der Waals surface area contributed by atoms with Gasteiger partial charge in [0.25, 0.3) is 5.56 Å². The second kappa shape index (κ2) is 6.85. The minimum absolute atomic E-state index is 0.0536. The van der Waals surface area contributed by atoms with Crippen molar-refractivity contribution >= 4 is 44.3 Å². The molecule has 0 radical (unpaired) electrons. The summed E-state index contributed by atoms with van der Waals surface area (Å²) in [5, 5.41) is 1.01. The van der Waals surface area contributed by atoms with Gasteiger partial charge in [-0.1, -0.05) is 15.9 Å². The first-order chi connectivity index (χ1) is 8.72. The minimum atomic E-state index is -0.0536. The number of hydrogen-bond donors (Lipinski definition) is 1. The molecule has 7 heteroatoms. The highest BCUT2D eigenvalue weighted by Crippen LogP contribution is 2.17. The smallest absolute Gasteiger partial charge is 0.266 e. The standard InChI is InChI=1S/C11H16BrIN4O/c12-2-5-16-3-1-4-17(7-6-16)10-9(13)11(18)15-8-14-10/h8H,1-7H2,(H,14,15,18). The van der Waals surface area contributed by atoms with Gasteiger partial charge in [-0.05, 0) is 35.6 Å². The third kappa shape index (κ3) is 3.45. The normalized spacial score (nSPS) is 17.8. The molecule has 5 nitrogen and oxygen atoms in total. The SMILES string of the molecule is O=c1[nH]cnc(N2CCCN(CCBr)CC2)c1I. The Bertz CT molecular complexity index is 453. The topological polar surface area (TPSA) is 52.2 Å². The molecule has 1 N–H and O–H groups in total. The van der Waals surface area contributed by atoms with Gasteiger partial charge >= 0.3 is 0 Å². The van der Waals surface area contributed by atoms with Crippen molar-refractivity contribution in [1.29, 1.82) is 0 Å². The van der Waals surface area contributed by atoms with E-state index < -0.39 is 0 Å². The number of aromatic amines is 1. The molecule has 2 rings (SSSR count). The maximum atomic E-state index is 11.6. The molecule has 0 bridgehead atoms. The van der Waals surface area contributed by atoms with Crippen molar-refractivity contribution < 1.29 is 0 Å². The highest BCUT2D eigenvalue weighted by Gasteiger charge is 2.18. The number of nitrogens with one attached hydrogen (secondary N) is 1. The van der Waals surface area contributed by atoms with Crippen LogP contribution in [0.25, 0.3) is 0 Å². The molecular formula is C11H16BrIN4O. The third-order valence-electron chi connectivity index (χ3n) is 3.07. The average Bonchev–Trinajstić information content (AvgIpc) is 2.59. The van der Waals surface area contributed by atoms with E-state index in [9.17, 15) is 4.79 Å². The van der Waals surface area contributed by atoms with Gasteiger partial charge in [0.1, 0.15) is 9.39 Å². The number of H-pyrrole nitrogens is 1. The lowest BCUT2D eigenvalue weighted by molar-refractivity contribution is 0.313. The predicted molar refractivity (Wildman–Crippen MR) is 84.6 cm³/mol. The number of alkyl halides is 1. The fourth-order valence-corrected chi connectivity index (χ4v) is 3.26. The summed E-state index contributed by atoms with van der Waals surface area (Å²) in [6.07, 6.45) is 2.60.